The zero-order chi connectivity index (χ0) is 12.9. The van der Waals surface area contributed by atoms with Gasteiger partial charge < -0.3 is 21.3 Å². The number of halogens is 1. The van der Waals surface area contributed by atoms with E-state index in [1.807, 2.05) is 6.92 Å². The summed E-state index contributed by atoms with van der Waals surface area (Å²) in [5.41, 5.74) is 5.79. The lowest BCUT2D eigenvalue weighted by molar-refractivity contribution is 0.132. The fourth-order valence-electron chi connectivity index (χ4n) is 1.59. The summed E-state index contributed by atoms with van der Waals surface area (Å²) in [7, 11) is 0. The topological polar surface area (TPSA) is 78.5 Å². The molecule has 0 radical (unpaired) electrons. The maximum Gasteiger partial charge on any atom is 0.125 e. The van der Waals surface area contributed by atoms with Gasteiger partial charge in [0.15, 0.2) is 0 Å². The van der Waals surface area contributed by atoms with Crippen LogP contribution in [0.4, 0.5) is 10.1 Å². The van der Waals surface area contributed by atoms with Gasteiger partial charge in [0.25, 0.3) is 0 Å². The van der Waals surface area contributed by atoms with E-state index in [1.165, 1.54) is 12.1 Å². The summed E-state index contributed by atoms with van der Waals surface area (Å²) in [5, 5.41) is 21.5. The molecule has 5 heteroatoms. The molecule has 17 heavy (non-hydrogen) atoms. The molecule has 0 aliphatic carbocycles. The van der Waals surface area contributed by atoms with E-state index in [1.54, 1.807) is 6.07 Å². The van der Waals surface area contributed by atoms with Gasteiger partial charge in [-0.25, -0.2) is 4.39 Å². The van der Waals surface area contributed by atoms with Crippen LogP contribution in [0.25, 0.3) is 0 Å². The first kappa shape index (κ1) is 13.9. The lowest BCUT2D eigenvalue weighted by Crippen LogP contribution is -2.45. The summed E-state index contributed by atoms with van der Waals surface area (Å²) in [6, 6.07) is 4.38. The summed E-state index contributed by atoms with van der Waals surface area (Å²) in [6.45, 7) is 1.62. The van der Waals surface area contributed by atoms with Crippen LogP contribution in [-0.2, 0) is 6.54 Å². The van der Waals surface area contributed by atoms with Gasteiger partial charge in [-0.3, -0.25) is 0 Å². The van der Waals surface area contributed by atoms with E-state index >= 15 is 0 Å². The van der Waals surface area contributed by atoms with Gasteiger partial charge in [0.2, 0.25) is 0 Å². The fraction of sp³-hybridized carbons (Fsp3) is 0.500. The molecular formula is C12H19FN2O2. The number of aliphatic hydroxyl groups excluding tert-OH is 2. The van der Waals surface area contributed by atoms with Crippen molar-refractivity contribution < 1.29 is 14.6 Å². The van der Waals surface area contributed by atoms with Crippen molar-refractivity contribution in [3.63, 3.8) is 0 Å². The average Bonchev–Trinajstić information content (AvgIpc) is 2.35. The summed E-state index contributed by atoms with van der Waals surface area (Å²) in [6.07, 6.45) is 0.522. The Balaban J connectivity index is 2.96. The zero-order valence-electron chi connectivity index (χ0n) is 9.91. The van der Waals surface area contributed by atoms with E-state index in [0.717, 1.165) is 0 Å². The summed E-state index contributed by atoms with van der Waals surface area (Å²) in [5.74, 6) is -0.392. The molecule has 96 valence electrons. The van der Waals surface area contributed by atoms with Crippen molar-refractivity contribution in [3.05, 3.63) is 29.6 Å². The van der Waals surface area contributed by atoms with Gasteiger partial charge in [0, 0.05) is 12.2 Å². The number of anilines is 1. The van der Waals surface area contributed by atoms with E-state index in [-0.39, 0.29) is 19.8 Å². The second-order valence-corrected chi connectivity index (χ2v) is 4.13. The first-order chi connectivity index (χ1) is 8.09. The van der Waals surface area contributed by atoms with Crippen molar-refractivity contribution in [2.75, 3.05) is 18.5 Å². The van der Waals surface area contributed by atoms with E-state index in [4.69, 9.17) is 5.73 Å². The molecule has 0 atom stereocenters. The van der Waals surface area contributed by atoms with Crippen LogP contribution < -0.4 is 11.1 Å². The van der Waals surface area contributed by atoms with Crippen molar-refractivity contribution in [1.29, 1.82) is 0 Å². The van der Waals surface area contributed by atoms with Crippen molar-refractivity contribution in [1.82, 2.24) is 0 Å². The predicted molar refractivity (Wildman–Crippen MR) is 65.1 cm³/mol. The van der Waals surface area contributed by atoms with Crippen LogP contribution in [0.1, 0.15) is 18.9 Å². The minimum atomic E-state index is -0.834. The molecule has 0 unspecified atom stereocenters. The molecule has 5 N–H and O–H groups in total. The van der Waals surface area contributed by atoms with E-state index in [9.17, 15) is 14.6 Å². The number of aliphatic hydroxyl groups is 2. The number of nitrogens with one attached hydrogen (secondary N) is 1. The van der Waals surface area contributed by atoms with Crippen molar-refractivity contribution in [2.24, 2.45) is 5.73 Å². The van der Waals surface area contributed by atoms with Crippen molar-refractivity contribution >= 4 is 5.69 Å². The SMILES string of the molecule is CCC(CO)(CO)Nc1cc(F)cc(CN)c1. The maximum atomic E-state index is 13.3. The molecule has 1 rings (SSSR count). The molecule has 1 aromatic carbocycles. The molecule has 4 nitrogen and oxygen atoms in total. The Morgan fingerprint density at radius 3 is 2.41 bits per heavy atom. The first-order valence-electron chi connectivity index (χ1n) is 5.58. The Hall–Kier alpha value is -1.17. The van der Waals surface area contributed by atoms with Crippen LogP contribution in [0, 0.1) is 5.82 Å². The number of nitrogens with two attached hydrogens (primary N) is 1. The normalized spacial score (nSPS) is 11.6. The van der Waals surface area contributed by atoms with Gasteiger partial charge in [-0.05, 0) is 30.2 Å². The smallest absolute Gasteiger partial charge is 0.125 e. The monoisotopic (exact) mass is 242 g/mol. The van der Waals surface area contributed by atoms with Crippen LogP contribution in [0.5, 0.6) is 0 Å². The zero-order valence-corrected chi connectivity index (χ0v) is 9.91. The molecule has 0 spiro atoms. The summed E-state index contributed by atoms with van der Waals surface area (Å²) in [4.78, 5) is 0. The quantitative estimate of drug-likeness (QED) is 0.596. The lowest BCUT2D eigenvalue weighted by atomic mass is 9.97. The number of hydrogen-bond donors (Lipinski definition) is 4. The summed E-state index contributed by atoms with van der Waals surface area (Å²) < 4.78 is 13.3. The van der Waals surface area contributed by atoms with Gasteiger partial charge >= 0.3 is 0 Å². The van der Waals surface area contributed by atoms with Crippen LogP contribution in [0.3, 0.4) is 0 Å². The maximum absolute atomic E-state index is 13.3. The molecule has 0 heterocycles. The highest BCUT2D eigenvalue weighted by atomic mass is 19.1. The van der Waals surface area contributed by atoms with Crippen molar-refractivity contribution in [3.8, 4) is 0 Å². The number of rotatable bonds is 6. The van der Waals surface area contributed by atoms with Crippen LogP contribution in [-0.4, -0.2) is 29.0 Å². The Morgan fingerprint density at radius 2 is 1.94 bits per heavy atom. The van der Waals surface area contributed by atoms with Gasteiger partial charge in [0.1, 0.15) is 5.82 Å². The first-order valence-corrected chi connectivity index (χ1v) is 5.58. The van der Waals surface area contributed by atoms with Crippen LogP contribution in [0.2, 0.25) is 0 Å². The predicted octanol–water partition coefficient (Wildman–Crippen LogP) is 0.830. The Bertz CT molecular complexity index is 359. The molecule has 0 aromatic heterocycles. The molecular weight excluding hydrogens is 223 g/mol. The Morgan fingerprint density at radius 1 is 1.29 bits per heavy atom. The summed E-state index contributed by atoms with van der Waals surface area (Å²) >= 11 is 0. The molecule has 1 aromatic rings. The Kier molecular flexibility index (Phi) is 4.86. The third-order valence-electron chi connectivity index (χ3n) is 2.88. The van der Waals surface area contributed by atoms with Gasteiger partial charge in [-0.15, -0.1) is 0 Å². The van der Waals surface area contributed by atoms with Gasteiger partial charge in [-0.2, -0.15) is 0 Å². The average molecular weight is 242 g/mol. The molecule has 0 fully saturated rings. The number of benzene rings is 1. The highest BCUT2D eigenvalue weighted by molar-refractivity contribution is 5.48. The van der Waals surface area contributed by atoms with E-state index in [0.29, 0.717) is 17.7 Å². The lowest BCUT2D eigenvalue weighted by Gasteiger charge is -2.31. The standard InChI is InChI=1S/C12H19FN2O2/c1-2-12(7-16,8-17)15-11-4-9(6-14)3-10(13)5-11/h3-5,15-17H,2,6-8,14H2,1H3. The molecule has 0 aliphatic rings. The largest absolute Gasteiger partial charge is 0.394 e. The van der Waals surface area contributed by atoms with E-state index in [2.05, 4.69) is 5.32 Å². The minimum absolute atomic E-state index is 0.228. The van der Waals surface area contributed by atoms with Crippen LogP contribution in [0.15, 0.2) is 18.2 Å². The van der Waals surface area contributed by atoms with Crippen molar-refractivity contribution in [2.45, 2.75) is 25.4 Å². The third-order valence-corrected chi connectivity index (χ3v) is 2.88. The second-order valence-electron chi connectivity index (χ2n) is 4.13. The van der Waals surface area contributed by atoms with Gasteiger partial charge in [-0.1, -0.05) is 6.92 Å². The fourth-order valence-corrected chi connectivity index (χ4v) is 1.59. The second kappa shape index (κ2) is 5.95. The molecule has 0 bridgehead atoms. The number of hydrogen-bond acceptors (Lipinski definition) is 4. The third kappa shape index (κ3) is 3.39. The highest BCUT2D eigenvalue weighted by Crippen LogP contribution is 2.20. The highest BCUT2D eigenvalue weighted by Gasteiger charge is 2.26. The molecule has 0 saturated carbocycles. The molecule has 0 saturated heterocycles. The van der Waals surface area contributed by atoms with Gasteiger partial charge in [0.05, 0.1) is 18.8 Å². The minimum Gasteiger partial charge on any atom is -0.394 e. The molecule has 0 aliphatic heterocycles. The molecule has 0 amide bonds. The Labute approximate surface area is 100 Å². The van der Waals surface area contributed by atoms with Crippen LogP contribution >= 0.6 is 0 Å². The van der Waals surface area contributed by atoms with E-state index < -0.39 is 11.4 Å².